The lowest BCUT2D eigenvalue weighted by Gasteiger charge is -2.30. The zero-order valence-electron chi connectivity index (χ0n) is 22.5. The molecule has 3 aromatic carbocycles. The number of carbonyl (C=O) groups is 3. The number of hydrogen-bond donors (Lipinski definition) is 2. The second-order valence-corrected chi connectivity index (χ2v) is 13.6. The third kappa shape index (κ3) is 5.27. The summed E-state index contributed by atoms with van der Waals surface area (Å²) in [5, 5.41) is 7.43. The standard InChI is InChI=1S/C29H24N4O7S3/c1-40-19-11-7-16(8-12-19)22-23-24(27(36)33(26(23)35)18-5-3-2-4-6-18)41-28-25(22)42-29(37)32(28)15-21(34)31-17-9-13-20(14-10-17)43(30,38)39/h2-14,22-24H,15H2,1H3,(H,31,34)(H2,30,38,39). The summed E-state index contributed by atoms with van der Waals surface area (Å²) in [5.41, 5.74) is 1.52. The summed E-state index contributed by atoms with van der Waals surface area (Å²) >= 11 is 2.07. The Bertz CT molecular complexity index is 1900. The van der Waals surface area contributed by atoms with Gasteiger partial charge in [-0.25, -0.2) is 18.5 Å². The lowest BCUT2D eigenvalue weighted by atomic mass is 9.83. The molecule has 3 atom stereocenters. The Balaban J connectivity index is 1.37. The number of nitrogens with two attached hydrogens (primary N) is 1. The first-order chi connectivity index (χ1) is 20.6. The van der Waals surface area contributed by atoms with E-state index in [-0.39, 0.29) is 23.3 Å². The fraction of sp³-hybridized carbons (Fsp3) is 0.172. The molecule has 43 heavy (non-hydrogen) atoms. The largest absolute Gasteiger partial charge is 0.497 e. The van der Waals surface area contributed by atoms with E-state index in [1.165, 1.54) is 33.7 Å². The van der Waals surface area contributed by atoms with Gasteiger partial charge in [0.1, 0.15) is 17.5 Å². The van der Waals surface area contributed by atoms with Crippen molar-refractivity contribution < 1.29 is 27.5 Å². The maximum absolute atomic E-state index is 13.9. The number of methoxy groups -OCH3 is 1. The van der Waals surface area contributed by atoms with E-state index in [1.807, 2.05) is 12.1 Å². The van der Waals surface area contributed by atoms with Crippen molar-refractivity contribution in [1.29, 1.82) is 0 Å². The maximum atomic E-state index is 13.9. The molecular weight excluding hydrogens is 613 g/mol. The lowest BCUT2D eigenvalue weighted by Crippen LogP contribution is -2.33. The minimum Gasteiger partial charge on any atom is -0.497 e. The Kier molecular flexibility index (Phi) is 7.46. The van der Waals surface area contributed by atoms with E-state index in [4.69, 9.17) is 9.88 Å². The van der Waals surface area contributed by atoms with Crippen LogP contribution in [0.2, 0.25) is 0 Å². The van der Waals surface area contributed by atoms with Gasteiger partial charge in [-0.05, 0) is 54.1 Å². The van der Waals surface area contributed by atoms with E-state index >= 15 is 0 Å². The van der Waals surface area contributed by atoms with Gasteiger partial charge in [0.15, 0.2) is 0 Å². The molecule has 11 nitrogen and oxygen atoms in total. The third-order valence-electron chi connectivity index (χ3n) is 7.31. The third-order valence-corrected chi connectivity index (χ3v) is 10.8. The molecule has 4 aromatic rings. The van der Waals surface area contributed by atoms with Gasteiger partial charge in [-0.1, -0.05) is 53.4 Å². The zero-order chi connectivity index (χ0) is 30.5. The Hall–Kier alpha value is -4.24. The zero-order valence-corrected chi connectivity index (χ0v) is 24.9. The summed E-state index contributed by atoms with van der Waals surface area (Å²) in [6.45, 7) is -0.355. The van der Waals surface area contributed by atoms with Crippen LogP contribution in [0.25, 0.3) is 0 Å². The van der Waals surface area contributed by atoms with E-state index in [9.17, 15) is 27.6 Å². The Labute approximate surface area is 254 Å². The number of hydrogen-bond acceptors (Lipinski definition) is 9. The molecule has 2 aliphatic rings. The number of thiazole rings is 1. The van der Waals surface area contributed by atoms with Crippen LogP contribution in [0.5, 0.6) is 5.75 Å². The Morgan fingerprint density at radius 3 is 2.26 bits per heavy atom. The molecule has 3 amide bonds. The Morgan fingerprint density at radius 1 is 0.953 bits per heavy atom. The molecule has 220 valence electrons. The van der Waals surface area contributed by atoms with Crippen LogP contribution < -0.4 is 25.0 Å². The summed E-state index contributed by atoms with van der Waals surface area (Å²) in [7, 11) is -2.35. The summed E-state index contributed by atoms with van der Waals surface area (Å²) in [6, 6.07) is 21.2. The van der Waals surface area contributed by atoms with Gasteiger partial charge in [-0.3, -0.25) is 23.7 Å². The quantitative estimate of drug-likeness (QED) is 0.293. The number of fused-ring (bicyclic) bond motifs is 2. The fourth-order valence-electron chi connectivity index (χ4n) is 5.33. The van der Waals surface area contributed by atoms with Gasteiger partial charge in [-0.2, -0.15) is 0 Å². The van der Waals surface area contributed by atoms with Gasteiger partial charge in [0, 0.05) is 16.5 Å². The number of benzene rings is 3. The first-order valence-corrected chi connectivity index (χ1v) is 16.2. The number of aromatic nitrogens is 1. The van der Waals surface area contributed by atoms with Gasteiger partial charge in [0.25, 0.3) is 0 Å². The van der Waals surface area contributed by atoms with Crippen LogP contribution in [-0.2, 0) is 31.0 Å². The minimum absolute atomic E-state index is 0.107. The van der Waals surface area contributed by atoms with E-state index in [0.717, 1.165) is 28.7 Å². The van der Waals surface area contributed by atoms with Crippen LogP contribution in [-0.4, -0.2) is 43.1 Å². The van der Waals surface area contributed by atoms with Gasteiger partial charge in [0.2, 0.25) is 27.7 Å². The predicted molar refractivity (Wildman–Crippen MR) is 162 cm³/mol. The van der Waals surface area contributed by atoms with Crippen LogP contribution in [0.1, 0.15) is 16.4 Å². The number of para-hydroxylation sites is 1. The van der Waals surface area contributed by atoms with Crippen LogP contribution in [0, 0.1) is 5.92 Å². The molecule has 0 spiro atoms. The number of imide groups is 1. The van der Waals surface area contributed by atoms with Crippen molar-refractivity contribution in [3.63, 3.8) is 0 Å². The molecule has 14 heteroatoms. The van der Waals surface area contributed by atoms with Gasteiger partial charge in [0.05, 0.1) is 28.6 Å². The van der Waals surface area contributed by atoms with Crippen molar-refractivity contribution in [2.24, 2.45) is 11.1 Å². The normalized spacial score (nSPS) is 19.6. The maximum Gasteiger partial charge on any atom is 0.308 e. The molecule has 0 bridgehead atoms. The number of sulfonamides is 1. The number of ether oxygens (including phenoxy) is 1. The van der Waals surface area contributed by atoms with Gasteiger partial charge in [-0.15, -0.1) is 0 Å². The fourth-order valence-corrected chi connectivity index (χ4v) is 8.62. The van der Waals surface area contributed by atoms with Crippen molar-refractivity contribution >= 4 is 62.2 Å². The second kappa shape index (κ2) is 11.1. The average molecular weight is 637 g/mol. The van der Waals surface area contributed by atoms with E-state index in [0.29, 0.717) is 27.0 Å². The van der Waals surface area contributed by atoms with Crippen molar-refractivity contribution in [3.05, 3.63) is 99.0 Å². The number of amides is 3. The highest BCUT2D eigenvalue weighted by atomic mass is 32.2. The predicted octanol–water partition coefficient (Wildman–Crippen LogP) is 3.00. The van der Waals surface area contributed by atoms with Crippen molar-refractivity contribution in [3.8, 4) is 5.75 Å². The van der Waals surface area contributed by atoms with Crippen LogP contribution in [0.15, 0.2) is 93.6 Å². The molecule has 3 heterocycles. The highest BCUT2D eigenvalue weighted by Crippen LogP contribution is 2.54. The Morgan fingerprint density at radius 2 is 1.63 bits per heavy atom. The molecule has 3 unspecified atom stereocenters. The van der Waals surface area contributed by atoms with Crippen LogP contribution >= 0.6 is 23.1 Å². The number of rotatable bonds is 7. The molecule has 0 saturated carbocycles. The van der Waals surface area contributed by atoms with Crippen LogP contribution in [0.3, 0.4) is 0 Å². The average Bonchev–Trinajstić information content (AvgIpc) is 3.43. The first kappa shape index (κ1) is 28.9. The number of anilines is 2. The smallest absolute Gasteiger partial charge is 0.308 e. The molecule has 1 saturated heterocycles. The SMILES string of the molecule is COc1ccc(C2c3sc(=O)n(CC(=O)Nc4ccc(S(N)(=O)=O)cc4)c3SC3C(=O)N(c4ccccc4)C(=O)C32)cc1. The molecule has 6 rings (SSSR count). The van der Waals surface area contributed by atoms with E-state index < -0.39 is 37.9 Å². The minimum atomic E-state index is -3.90. The van der Waals surface area contributed by atoms with Crippen molar-refractivity contribution in [1.82, 2.24) is 4.57 Å². The van der Waals surface area contributed by atoms with Crippen molar-refractivity contribution in [2.45, 2.75) is 27.6 Å². The summed E-state index contributed by atoms with van der Waals surface area (Å²) in [4.78, 5) is 55.3. The van der Waals surface area contributed by atoms with Gasteiger partial charge >= 0.3 is 4.87 Å². The van der Waals surface area contributed by atoms with E-state index in [2.05, 4.69) is 5.32 Å². The highest BCUT2D eigenvalue weighted by Gasteiger charge is 2.56. The number of primary sulfonamides is 1. The monoisotopic (exact) mass is 636 g/mol. The number of thioether (sulfide) groups is 1. The van der Waals surface area contributed by atoms with E-state index in [1.54, 1.807) is 49.6 Å². The molecule has 0 radical (unpaired) electrons. The van der Waals surface area contributed by atoms with Crippen molar-refractivity contribution in [2.75, 3.05) is 17.3 Å². The highest BCUT2D eigenvalue weighted by molar-refractivity contribution is 8.00. The lowest BCUT2D eigenvalue weighted by molar-refractivity contribution is -0.122. The summed E-state index contributed by atoms with van der Waals surface area (Å²) in [5.74, 6) is -2.03. The number of nitrogens with one attached hydrogen (secondary N) is 1. The number of nitrogens with zero attached hydrogens (tertiary/aromatic N) is 2. The topological polar surface area (TPSA) is 158 Å². The molecule has 1 aromatic heterocycles. The summed E-state index contributed by atoms with van der Waals surface area (Å²) < 4.78 is 29.7. The molecule has 2 aliphatic heterocycles. The molecule has 0 aliphatic carbocycles. The first-order valence-electron chi connectivity index (χ1n) is 13.0. The number of carbonyl (C=O) groups excluding carboxylic acids is 3. The van der Waals surface area contributed by atoms with Crippen LogP contribution in [0.4, 0.5) is 11.4 Å². The second-order valence-electron chi connectivity index (χ2n) is 9.90. The van der Waals surface area contributed by atoms with Gasteiger partial charge < -0.3 is 10.1 Å². The molecule has 1 fully saturated rings. The molecular formula is C29H24N4O7S3. The molecule has 3 N–H and O–H groups in total. The summed E-state index contributed by atoms with van der Waals surface area (Å²) in [6.07, 6.45) is 0.